The number of halogens is 1. The predicted molar refractivity (Wildman–Crippen MR) is 111 cm³/mol. The summed E-state index contributed by atoms with van der Waals surface area (Å²) >= 11 is 5.89. The smallest absolute Gasteiger partial charge is 0.338 e. The number of ether oxygens (including phenoxy) is 2. The summed E-state index contributed by atoms with van der Waals surface area (Å²) < 4.78 is 11.2. The van der Waals surface area contributed by atoms with Crippen LogP contribution in [0.25, 0.3) is 0 Å². The Bertz CT molecular complexity index is 921. The summed E-state index contributed by atoms with van der Waals surface area (Å²) in [5.41, 5.74) is 1.73. The minimum atomic E-state index is -0.602. The summed E-state index contributed by atoms with van der Waals surface area (Å²) in [5, 5.41) is 6.16. The third kappa shape index (κ3) is 5.09. The summed E-state index contributed by atoms with van der Waals surface area (Å²) in [7, 11) is 0. The fraction of sp³-hybridized carbons (Fsp3) is 0.273. The summed E-state index contributed by atoms with van der Waals surface area (Å²) in [6, 6.07) is 13.3. The van der Waals surface area contributed by atoms with Gasteiger partial charge in [0.2, 0.25) is 0 Å². The van der Waals surface area contributed by atoms with Gasteiger partial charge in [-0.25, -0.2) is 9.59 Å². The largest absolute Gasteiger partial charge is 0.459 e. The van der Waals surface area contributed by atoms with E-state index in [1.807, 2.05) is 19.1 Å². The molecule has 1 aliphatic rings. The Morgan fingerprint density at radius 3 is 2.21 bits per heavy atom. The van der Waals surface area contributed by atoms with Crippen molar-refractivity contribution in [2.75, 3.05) is 0 Å². The van der Waals surface area contributed by atoms with Gasteiger partial charge >= 0.3 is 12.0 Å². The highest BCUT2D eigenvalue weighted by Crippen LogP contribution is 2.31. The molecular weight excluding hydrogens is 392 g/mol. The van der Waals surface area contributed by atoms with Gasteiger partial charge in [0.25, 0.3) is 0 Å². The van der Waals surface area contributed by atoms with E-state index in [0.29, 0.717) is 34.2 Å². The van der Waals surface area contributed by atoms with Crippen LogP contribution in [0.2, 0.25) is 5.02 Å². The maximum Gasteiger partial charge on any atom is 0.338 e. The molecule has 0 aromatic heterocycles. The van der Waals surface area contributed by atoms with Crippen molar-refractivity contribution in [3.8, 4) is 11.5 Å². The first-order valence-corrected chi connectivity index (χ1v) is 9.80. The zero-order chi connectivity index (χ0) is 21.0. The van der Waals surface area contributed by atoms with Gasteiger partial charge in [-0.1, -0.05) is 30.7 Å². The van der Waals surface area contributed by atoms with E-state index in [-0.39, 0.29) is 12.1 Å². The zero-order valence-electron chi connectivity index (χ0n) is 16.5. The van der Waals surface area contributed by atoms with Crippen LogP contribution in [0.4, 0.5) is 4.79 Å². The Balaban J connectivity index is 1.87. The average molecular weight is 415 g/mol. The molecule has 0 aliphatic carbocycles. The molecular formula is C22H23ClN2O4. The van der Waals surface area contributed by atoms with Crippen molar-refractivity contribution in [3.63, 3.8) is 0 Å². The van der Waals surface area contributed by atoms with E-state index < -0.39 is 12.0 Å². The molecule has 1 atom stereocenters. The topological polar surface area (TPSA) is 76.7 Å². The number of rotatable bonds is 6. The molecule has 2 amide bonds. The van der Waals surface area contributed by atoms with Gasteiger partial charge in [-0.3, -0.25) is 0 Å². The maximum atomic E-state index is 12.7. The Kier molecular flexibility index (Phi) is 6.44. The molecule has 2 aromatic carbocycles. The lowest BCUT2D eigenvalue weighted by Crippen LogP contribution is -2.46. The van der Waals surface area contributed by atoms with Crippen molar-refractivity contribution in [1.29, 1.82) is 0 Å². The number of nitrogens with one attached hydrogen (secondary N) is 2. The van der Waals surface area contributed by atoms with Crippen LogP contribution >= 0.6 is 11.6 Å². The second kappa shape index (κ2) is 9.01. The van der Waals surface area contributed by atoms with Crippen LogP contribution in [0.5, 0.6) is 11.5 Å². The van der Waals surface area contributed by atoms with Gasteiger partial charge in [-0.05, 0) is 62.2 Å². The lowest BCUT2D eigenvalue weighted by atomic mass is 9.94. The molecule has 1 unspecified atom stereocenters. The van der Waals surface area contributed by atoms with Crippen molar-refractivity contribution < 1.29 is 19.1 Å². The van der Waals surface area contributed by atoms with E-state index in [2.05, 4.69) is 10.6 Å². The Hall–Kier alpha value is -2.99. The van der Waals surface area contributed by atoms with Crippen LogP contribution in [-0.4, -0.2) is 18.1 Å². The number of amides is 2. The van der Waals surface area contributed by atoms with Crippen LogP contribution in [-0.2, 0) is 9.53 Å². The highest BCUT2D eigenvalue weighted by Gasteiger charge is 2.33. The normalized spacial score (nSPS) is 16.3. The third-order valence-electron chi connectivity index (χ3n) is 4.33. The molecule has 0 spiro atoms. The Morgan fingerprint density at radius 1 is 1.07 bits per heavy atom. The minimum absolute atomic E-state index is 0.262. The van der Waals surface area contributed by atoms with Crippen molar-refractivity contribution in [1.82, 2.24) is 10.6 Å². The lowest BCUT2D eigenvalue weighted by Gasteiger charge is -2.29. The summed E-state index contributed by atoms with van der Waals surface area (Å²) in [6.45, 7) is 5.46. The molecule has 2 N–H and O–H groups in total. The predicted octanol–water partition coefficient (Wildman–Crippen LogP) is 5.10. The average Bonchev–Trinajstić information content (AvgIpc) is 2.69. The number of hydrogen-bond acceptors (Lipinski definition) is 4. The minimum Gasteiger partial charge on any atom is -0.459 e. The lowest BCUT2D eigenvalue weighted by molar-refractivity contribution is -0.143. The van der Waals surface area contributed by atoms with Gasteiger partial charge in [0.1, 0.15) is 11.5 Å². The fourth-order valence-corrected chi connectivity index (χ4v) is 3.16. The van der Waals surface area contributed by atoms with E-state index in [1.165, 1.54) is 0 Å². The highest BCUT2D eigenvalue weighted by molar-refractivity contribution is 6.30. The van der Waals surface area contributed by atoms with E-state index in [9.17, 15) is 9.59 Å². The van der Waals surface area contributed by atoms with Crippen molar-refractivity contribution >= 4 is 23.6 Å². The van der Waals surface area contributed by atoms with Crippen LogP contribution < -0.4 is 15.4 Å². The highest BCUT2D eigenvalue weighted by atomic mass is 35.5. The van der Waals surface area contributed by atoms with Crippen LogP contribution in [0, 0.1) is 0 Å². The quantitative estimate of drug-likeness (QED) is 0.644. The fourth-order valence-electron chi connectivity index (χ4n) is 3.03. The first kappa shape index (κ1) is 20.7. The van der Waals surface area contributed by atoms with Gasteiger partial charge < -0.3 is 20.1 Å². The van der Waals surface area contributed by atoms with E-state index >= 15 is 0 Å². The number of carbonyl (C=O) groups excluding carboxylic acids is 2. The first-order chi connectivity index (χ1) is 13.9. The third-order valence-corrected chi connectivity index (χ3v) is 4.58. The van der Waals surface area contributed by atoms with Gasteiger partial charge in [-0.15, -0.1) is 0 Å². The Morgan fingerprint density at radius 2 is 1.66 bits per heavy atom. The number of esters is 1. The molecule has 0 bridgehead atoms. The molecule has 6 nitrogen and oxygen atoms in total. The molecule has 0 saturated carbocycles. The standard InChI is InChI=1S/C22H23ClN2O4/c1-4-18-19(21(26)28-13(2)3)20(25-22(27)24-18)14-5-9-16(10-6-14)29-17-11-7-15(23)8-12-17/h5-13,20H,4H2,1-3H3,(H2,24,25,27). The summed E-state index contributed by atoms with van der Waals surface area (Å²) in [6.07, 6.45) is 0.242. The van der Waals surface area contributed by atoms with Gasteiger partial charge in [-0.2, -0.15) is 0 Å². The first-order valence-electron chi connectivity index (χ1n) is 9.42. The van der Waals surface area contributed by atoms with Gasteiger partial charge in [0.05, 0.1) is 17.7 Å². The second-order valence-electron chi connectivity index (χ2n) is 6.86. The van der Waals surface area contributed by atoms with E-state index in [1.54, 1.807) is 50.2 Å². The van der Waals surface area contributed by atoms with Crippen molar-refractivity contribution in [2.45, 2.75) is 39.3 Å². The zero-order valence-corrected chi connectivity index (χ0v) is 17.2. The van der Waals surface area contributed by atoms with E-state index in [0.717, 1.165) is 5.56 Å². The Labute approximate surface area is 174 Å². The van der Waals surface area contributed by atoms with Crippen molar-refractivity contribution in [3.05, 3.63) is 70.4 Å². The molecule has 0 fully saturated rings. The number of carbonyl (C=O) groups is 2. The van der Waals surface area contributed by atoms with Gasteiger partial charge in [0, 0.05) is 10.7 Å². The number of allylic oxidation sites excluding steroid dienone is 1. The van der Waals surface area contributed by atoms with Crippen LogP contribution in [0.3, 0.4) is 0 Å². The molecule has 1 heterocycles. The molecule has 2 aromatic rings. The summed E-state index contributed by atoms with van der Waals surface area (Å²) in [5.74, 6) is 0.838. The maximum absolute atomic E-state index is 12.7. The second-order valence-corrected chi connectivity index (χ2v) is 7.29. The van der Waals surface area contributed by atoms with Crippen LogP contribution in [0.1, 0.15) is 38.8 Å². The monoisotopic (exact) mass is 414 g/mol. The van der Waals surface area contributed by atoms with Crippen LogP contribution in [0.15, 0.2) is 59.8 Å². The van der Waals surface area contributed by atoms with Crippen molar-refractivity contribution in [2.24, 2.45) is 0 Å². The molecule has 0 radical (unpaired) electrons. The van der Waals surface area contributed by atoms with E-state index in [4.69, 9.17) is 21.1 Å². The number of hydrogen-bond donors (Lipinski definition) is 2. The molecule has 3 rings (SSSR count). The molecule has 1 aliphatic heterocycles. The number of urea groups is 1. The SMILES string of the molecule is CCC1=C(C(=O)OC(C)C)C(c2ccc(Oc3ccc(Cl)cc3)cc2)NC(=O)N1. The number of benzene rings is 2. The molecule has 7 heteroatoms. The summed E-state index contributed by atoms with van der Waals surface area (Å²) in [4.78, 5) is 24.8. The molecule has 0 saturated heterocycles. The molecule has 29 heavy (non-hydrogen) atoms. The van der Waals surface area contributed by atoms with Gasteiger partial charge in [0.15, 0.2) is 0 Å². The molecule has 152 valence electrons.